The Hall–Kier alpha value is -1.95. The van der Waals surface area contributed by atoms with E-state index in [9.17, 15) is 0 Å². The Morgan fingerprint density at radius 3 is 3.15 bits per heavy atom. The van der Waals surface area contributed by atoms with E-state index in [2.05, 4.69) is 26.9 Å². The lowest BCUT2D eigenvalue weighted by molar-refractivity contribution is 0.221. The van der Waals surface area contributed by atoms with Crippen LogP contribution in [0.1, 0.15) is 25.7 Å². The number of likely N-dealkylation sites (tertiary alicyclic amines) is 1. The van der Waals surface area contributed by atoms with Gasteiger partial charge in [-0.15, -0.1) is 0 Å². The van der Waals surface area contributed by atoms with Crippen LogP contribution >= 0.6 is 0 Å². The lowest BCUT2D eigenvalue weighted by Crippen LogP contribution is -2.26. The molecule has 1 aliphatic rings. The van der Waals surface area contributed by atoms with E-state index in [4.69, 9.17) is 9.26 Å². The average molecular weight is 274 g/mol. The lowest BCUT2D eigenvalue weighted by atomic mass is 10.2. The van der Waals surface area contributed by atoms with Crippen LogP contribution in [0.25, 0.3) is 11.4 Å². The van der Waals surface area contributed by atoms with E-state index in [0.29, 0.717) is 23.6 Å². The van der Waals surface area contributed by atoms with Crippen LogP contribution in [0.15, 0.2) is 22.9 Å². The number of rotatable bonds is 4. The summed E-state index contributed by atoms with van der Waals surface area (Å²) in [6.45, 7) is 4.05. The van der Waals surface area contributed by atoms with Gasteiger partial charge in [-0.05, 0) is 32.4 Å². The number of nitrogens with zero attached hydrogens (tertiary/aromatic N) is 4. The van der Waals surface area contributed by atoms with Crippen LogP contribution in [-0.4, -0.2) is 39.7 Å². The molecule has 20 heavy (non-hydrogen) atoms. The van der Waals surface area contributed by atoms with Crippen LogP contribution in [0.2, 0.25) is 0 Å². The SMILES string of the molecule is COc1cc(-c2noc(CN3CCC[C@@H]3C)n2)ccn1. The zero-order chi connectivity index (χ0) is 13.9. The Morgan fingerprint density at radius 1 is 1.50 bits per heavy atom. The Balaban J connectivity index is 1.75. The molecule has 0 unspecified atom stereocenters. The Kier molecular flexibility index (Phi) is 3.64. The van der Waals surface area contributed by atoms with E-state index < -0.39 is 0 Å². The summed E-state index contributed by atoms with van der Waals surface area (Å²) in [5.74, 6) is 1.78. The summed E-state index contributed by atoms with van der Waals surface area (Å²) in [6, 6.07) is 4.23. The number of pyridine rings is 1. The predicted molar refractivity (Wildman–Crippen MR) is 73.2 cm³/mol. The Morgan fingerprint density at radius 2 is 2.40 bits per heavy atom. The van der Waals surface area contributed by atoms with Crippen LogP contribution in [-0.2, 0) is 6.54 Å². The molecule has 2 aromatic heterocycles. The van der Waals surface area contributed by atoms with Crippen LogP contribution in [0.4, 0.5) is 0 Å². The minimum Gasteiger partial charge on any atom is -0.481 e. The van der Waals surface area contributed by atoms with E-state index in [0.717, 1.165) is 18.7 Å². The highest BCUT2D eigenvalue weighted by atomic mass is 16.5. The highest BCUT2D eigenvalue weighted by Gasteiger charge is 2.22. The Labute approximate surface area is 117 Å². The predicted octanol–water partition coefficient (Wildman–Crippen LogP) is 2.12. The second kappa shape index (κ2) is 5.58. The minimum absolute atomic E-state index is 0.544. The maximum Gasteiger partial charge on any atom is 0.241 e. The quantitative estimate of drug-likeness (QED) is 0.851. The topological polar surface area (TPSA) is 64.3 Å². The molecule has 1 fully saturated rings. The van der Waals surface area contributed by atoms with Crippen molar-refractivity contribution >= 4 is 0 Å². The molecule has 0 spiro atoms. The van der Waals surface area contributed by atoms with Crippen LogP contribution in [0.3, 0.4) is 0 Å². The van der Waals surface area contributed by atoms with Gasteiger partial charge in [0, 0.05) is 23.9 Å². The summed E-state index contributed by atoms with van der Waals surface area (Å²) in [5.41, 5.74) is 0.848. The summed E-state index contributed by atoms with van der Waals surface area (Å²) in [6.07, 6.45) is 4.15. The average Bonchev–Trinajstić information content (AvgIpc) is 3.10. The second-order valence-corrected chi connectivity index (χ2v) is 5.06. The summed E-state index contributed by atoms with van der Waals surface area (Å²) in [7, 11) is 1.59. The van der Waals surface area contributed by atoms with Gasteiger partial charge in [0.1, 0.15) is 0 Å². The highest BCUT2D eigenvalue weighted by molar-refractivity contribution is 5.54. The van der Waals surface area contributed by atoms with Crippen LogP contribution < -0.4 is 4.74 Å². The first-order valence-electron chi connectivity index (χ1n) is 6.83. The number of aromatic nitrogens is 3. The summed E-state index contributed by atoms with van der Waals surface area (Å²) in [5, 5.41) is 4.03. The minimum atomic E-state index is 0.544. The van der Waals surface area contributed by atoms with Gasteiger partial charge in [-0.1, -0.05) is 5.16 Å². The number of hydrogen-bond donors (Lipinski definition) is 0. The molecule has 0 bridgehead atoms. The zero-order valence-corrected chi connectivity index (χ0v) is 11.7. The molecule has 1 aliphatic heterocycles. The molecule has 0 saturated carbocycles. The molecule has 1 atom stereocenters. The third-order valence-corrected chi connectivity index (χ3v) is 3.70. The monoisotopic (exact) mass is 274 g/mol. The van der Waals surface area contributed by atoms with Crippen molar-refractivity contribution in [3.63, 3.8) is 0 Å². The summed E-state index contributed by atoms with van der Waals surface area (Å²) < 4.78 is 10.4. The molecular weight excluding hydrogens is 256 g/mol. The fourth-order valence-electron chi connectivity index (χ4n) is 2.50. The fourth-order valence-corrected chi connectivity index (χ4v) is 2.50. The van der Waals surface area contributed by atoms with Gasteiger partial charge in [-0.2, -0.15) is 4.98 Å². The van der Waals surface area contributed by atoms with Gasteiger partial charge in [-0.3, -0.25) is 4.90 Å². The molecule has 0 amide bonds. The normalized spacial score (nSPS) is 19.4. The molecule has 0 radical (unpaired) electrons. The molecule has 0 N–H and O–H groups in total. The van der Waals surface area contributed by atoms with Crippen molar-refractivity contribution in [2.75, 3.05) is 13.7 Å². The van der Waals surface area contributed by atoms with E-state index in [1.165, 1.54) is 12.8 Å². The second-order valence-electron chi connectivity index (χ2n) is 5.06. The van der Waals surface area contributed by atoms with Gasteiger partial charge in [0.25, 0.3) is 0 Å². The van der Waals surface area contributed by atoms with Crippen LogP contribution in [0.5, 0.6) is 5.88 Å². The first kappa shape index (κ1) is 13.1. The van der Waals surface area contributed by atoms with Gasteiger partial charge in [-0.25, -0.2) is 4.98 Å². The fraction of sp³-hybridized carbons (Fsp3) is 0.500. The number of methoxy groups -OCH3 is 1. The Bertz CT molecular complexity index is 584. The maximum absolute atomic E-state index is 5.34. The van der Waals surface area contributed by atoms with E-state index >= 15 is 0 Å². The van der Waals surface area contributed by atoms with Gasteiger partial charge in [0.05, 0.1) is 13.7 Å². The van der Waals surface area contributed by atoms with Crippen molar-refractivity contribution in [2.45, 2.75) is 32.4 Å². The molecule has 0 aromatic carbocycles. The van der Waals surface area contributed by atoms with E-state index in [-0.39, 0.29) is 0 Å². The van der Waals surface area contributed by atoms with Gasteiger partial charge >= 0.3 is 0 Å². The zero-order valence-electron chi connectivity index (χ0n) is 11.7. The third-order valence-electron chi connectivity index (χ3n) is 3.70. The lowest BCUT2D eigenvalue weighted by Gasteiger charge is -2.17. The molecule has 1 saturated heterocycles. The molecule has 0 aliphatic carbocycles. The first-order chi connectivity index (χ1) is 9.76. The van der Waals surface area contributed by atoms with Gasteiger partial charge in [0.2, 0.25) is 17.6 Å². The smallest absolute Gasteiger partial charge is 0.241 e. The van der Waals surface area contributed by atoms with Crippen molar-refractivity contribution in [2.24, 2.45) is 0 Å². The molecule has 2 aromatic rings. The summed E-state index contributed by atoms with van der Waals surface area (Å²) in [4.78, 5) is 10.9. The molecule has 6 nitrogen and oxygen atoms in total. The van der Waals surface area contributed by atoms with Gasteiger partial charge < -0.3 is 9.26 Å². The van der Waals surface area contributed by atoms with Crippen molar-refractivity contribution in [1.29, 1.82) is 0 Å². The number of ether oxygens (including phenoxy) is 1. The van der Waals surface area contributed by atoms with Crippen molar-refractivity contribution in [3.8, 4) is 17.3 Å². The van der Waals surface area contributed by atoms with E-state index in [1.54, 1.807) is 19.4 Å². The largest absolute Gasteiger partial charge is 0.481 e. The standard InChI is InChI=1S/C14H18N4O2/c1-10-4-3-7-18(10)9-13-16-14(17-20-13)11-5-6-15-12(8-11)19-2/h5-6,8,10H,3-4,7,9H2,1-2H3/t10-/m0/s1. The first-order valence-corrected chi connectivity index (χ1v) is 6.83. The number of hydrogen-bond acceptors (Lipinski definition) is 6. The highest BCUT2D eigenvalue weighted by Crippen LogP contribution is 2.22. The molecule has 3 heterocycles. The van der Waals surface area contributed by atoms with Crippen LogP contribution in [0, 0.1) is 0 Å². The molecule has 106 valence electrons. The molecule has 3 rings (SSSR count). The van der Waals surface area contributed by atoms with Crippen molar-refractivity contribution in [1.82, 2.24) is 20.0 Å². The third kappa shape index (κ3) is 2.65. The van der Waals surface area contributed by atoms with E-state index in [1.807, 2.05) is 6.07 Å². The van der Waals surface area contributed by atoms with Crippen molar-refractivity contribution in [3.05, 3.63) is 24.2 Å². The molecule has 6 heteroatoms. The summed E-state index contributed by atoms with van der Waals surface area (Å²) >= 11 is 0. The molecular formula is C14H18N4O2. The van der Waals surface area contributed by atoms with Gasteiger partial charge in [0.15, 0.2) is 0 Å². The maximum atomic E-state index is 5.34. The van der Waals surface area contributed by atoms with Crippen molar-refractivity contribution < 1.29 is 9.26 Å².